The van der Waals surface area contributed by atoms with Gasteiger partial charge in [-0.05, 0) is 79.4 Å². The molecule has 25 heavy (non-hydrogen) atoms. The highest BCUT2D eigenvalue weighted by molar-refractivity contribution is 5.78. The SMILES string of the molecule is O=C(Cc1ccc2c(c1)OCCO2)NCC12CC3CC(CC(C3)C1)C2. The van der Waals surface area contributed by atoms with Crippen molar-refractivity contribution >= 4 is 5.91 Å². The molecule has 0 atom stereocenters. The topological polar surface area (TPSA) is 47.6 Å². The Bertz CT molecular complexity index is 648. The molecule has 0 aromatic heterocycles. The highest BCUT2D eigenvalue weighted by atomic mass is 16.6. The predicted molar refractivity (Wildman–Crippen MR) is 94.8 cm³/mol. The van der Waals surface area contributed by atoms with Gasteiger partial charge < -0.3 is 14.8 Å². The maximum Gasteiger partial charge on any atom is 0.224 e. The molecule has 1 amide bonds. The lowest BCUT2D eigenvalue weighted by molar-refractivity contribution is -0.122. The van der Waals surface area contributed by atoms with E-state index in [1.54, 1.807) is 0 Å². The first-order valence-electron chi connectivity index (χ1n) is 9.83. The summed E-state index contributed by atoms with van der Waals surface area (Å²) < 4.78 is 11.2. The van der Waals surface area contributed by atoms with Gasteiger partial charge in [-0.3, -0.25) is 4.79 Å². The predicted octanol–water partition coefficient (Wildman–Crippen LogP) is 3.33. The summed E-state index contributed by atoms with van der Waals surface area (Å²) in [6, 6.07) is 5.83. The van der Waals surface area contributed by atoms with Crippen molar-refractivity contribution in [1.29, 1.82) is 0 Å². The summed E-state index contributed by atoms with van der Waals surface area (Å²) >= 11 is 0. The number of nitrogens with one attached hydrogen (secondary N) is 1. The van der Waals surface area contributed by atoms with Crippen molar-refractivity contribution in [2.24, 2.45) is 23.2 Å². The van der Waals surface area contributed by atoms with Gasteiger partial charge in [0.15, 0.2) is 11.5 Å². The Labute approximate surface area is 149 Å². The molecule has 1 aromatic rings. The lowest BCUT2D eigenvalue weighted by Gasteiger charge is -2.56. The normalized spacial score (nSPS) is 34.8. The van der Waals surface area contributed by atoms with Crippen LogP contribution >= 0.6 is 0 Å². The fourth-order valence-corrected chi connectivity index (χ4v) is 6.24. The van der Waals surface area contributed by atoms with E-state index in [0.29, 0.717) is 25.0 Å². The van der Waals surface area contributed by atoms with Gasteiger partial charge in [-0.15, -0.1) is 0 Å². The van der Waals surface area contributed by atoms with Crippen LogP contribution in [0.3, 0.4) is 0 Å². The lowest BCUT2D eigenvalue weighted by atomic mass is 9.49. The molecule has 4 fully saturated rings. The average Bonchev–Trinajstić information content (AvgIpc) is 2.59. The molecule has 4 bridgehead atoms. The van der Waals surface area contributed by atoms with E-state index in [0.717, 1.165) is 41.4 Å². The number of rotatable bonds is 4. The number of benzene rings is 1. The molecule has 4 aliphatic carbocycles. The van der Waals surface area contributed by atoms with Crippen LogP contribution in [0.25, 0.3) is 0 Å². The van der Waals surface area contributed by atoms with Crippen molar-refractivity contribution in [2.75, 3.05) is 19.8 Å². The van der Waals surface area contributed by atoms with E-state index >= 15 is 0 Å². The van der Waals surface area contributed by atoms with E-state index in [-0.39, 0.29) is 5.91 Å². The van der Waals surface area contributed by atoms with Crippen LogP contribution in [0, 0.1) is 23.2 Å². The van der Waals surface area contributed by atoms with Crippen LogP contribution in [-0.4, -0.2) is 25.7 Å². The minimum Gasteiger partial charge on any atom is -0.486 e. The van der Waals surface area contributed by atoms with Crippen molar-refractivity contribution in [3.63, 3.8) is 0 Å². The van der Waals surface area contributed by atoms with Gasteiger partial charge in [0.1, 0.15) is 13.2 Å². The van der Waals surface area contributed by atoms with Crippen molar-refractivity contribution < 1.29 is 14.3 Å². The van der Waals surface area contributed by atoms with Gasteiger partial charge in [-0.25, -0.2) is 0 Å². The highest BCUT2D eigenvalue weighted by Crippen LogP contribution is 2.59. The van der Waals surface area contributed by atoms with Crippen molar-refractivity contribution in [1.82, 2.24) is 5.32 Å². The molecular weight excluding hydrogens is 314 g/mol. The smallest absolute Gasteiger partial charge is 0.224 e. The van der Waals surface area contributed by atoms with Crippen LogP contribution < -0.4 is 14.8 Å². The summed E-state index contributed by atoms with van der Waals surface area (Å²) in [6.45, 7) is 2.05. The van der Waals surface area contributed by atoms with E-state index in [1.165, 1.54) is 38.5 Å². The van der Waals surface area contributed by atoms with E-state index in [2.05, 4.69) is 5.32 Å². The standard InChI is InChI=1S/C21H27NO3/c23-20(9-14-1-2-18-19(8-14)25-4-3-24-18)22-13-21-10-15-5-16(11-21)7-17(6-15)12-21/h1-2,8,15-17H,3-7,9-13H2,(H,22,23). The fraction of sp³-hybridized carbons (Fsp3) is 0.667. The van der Waals surface area contributed by atoms with Gasteiger partial charge in [-0.1, -0.05) is 6.07 Å². The molecule has 0 radical (unpaired) electrons. The van der Waals surface area contributed by atoms with Crippen LogP contribution in [0.15, 0.2) is 18.2 Å². The third-order valence-electron chi connectivity index (χ3n) is 6.80. The van der Waals surface area contributed by atoms with Crippen molar-refractivity contribution in [2.45, 2.75) is 44.9 Å². The average molecular weight is 341 g/mol. The zero-order valence-electron chi connectivity index (χ0n) is 14.8. The second-order valence-corrected chi connectivity index (χ2v) is 8.85. The number of carbonyl (C=O) groups excluding carboxylic acids is 1. The Balaban J connectivity index is 1.20. The number of hydrogen-bond donors (Lipinski definition) is 1. The lowest BCUT2D eigenvalue weighted by Crippen LogP contribution is -2.51. The molecule has 5 aliphatic rings. The van der Waals surface area contributed by atoms with E-state index in [1.807, 2.05) is 18.2 Å². The largest absolute Gasteiger partial charge is 0.486 e. The summed E-state index contributed by atoms with van der Waals surface area (Å²) in [7, 11) is 0. The van der Waals surface area contributed by atoms with Crippen molar-refractivity contribution in [3.05, 3.63) is 23.8 Å². The Morgan fingerprint density at radius 1 is 1.00 bits per heavy atom. The van der Waals surface area contributed by atoms with Crippen molar-refractivity contribution in [3.8, 4) is 11.5 Å². The number of hydrogen-bond acceptors (Lipinski definition) is 3. The third-order valence-corrected chi connectivity index (χ3v) is 6.80. The quantitative estimate of drug-likeness (QED) is 0.914. The Morgan fingerprint density at radius 2 is 1.64 bits per heavy atom. The minimum atomic E-state index is 0.132. The highest BCUT2D eigenvalue weighted by Gasteiger charge is 2.50. The molecule has 1 aliphatic heterocycles. The monoisotopic (exact) mass is 341 g/mol. The summed E-state index contributed by atoms with van der Waals surface area (Å²) in [5.74, 6) is 4.47. The molecule has 1 heterocycles. The van der Waals surface area contributed by atoms with Gasteiger partial charge in [0.25, 0.3) is 0 Å². The molecule has 4 saturated carbocycles. The maximum absolute atomic E-state index is 12.5. The van der Waals surface area contributed by atoms with Crippen LogP contribution in [0.4, 0.5) is 0 Å². The van der Waals surface area contributed by atoms with Crippen LogP contribution in [-0.2, 0) is 11.2 Å². The number of carbonyl (C=O) groups is 1. The molecule has 6 rings (SSSR count). The molecule has 4 nitrogen and oxygen atoms in total. The molecule has 0 saturated heterocycles. The van der Waals surface area contributed by atoms with Gasteiger partial charge in [-0.2, -0.15) is 0 Å². The first-order valence-corrected chi connectivity index (χ1v) is 9.83. The Kier molecular flexibility index (Phi) is 3.68. The van der Waals surface area contributed by atoms with Gasteiger partial charge in [0.05, 0.1) is 6.42 Å². The molecule has 134 valence electrons. The second-order valence-electron chi connectivity index (χ2n) is 8.85. The van der Waals surface area contributed by atoms with E-state index in [9.17, 15) is 4.79 Å². The Morgan fingerprint density at radius 3 is 2.32 bits per heavy atom. The molecule has 0 unspecified atom stereocenters. The van der Waals surface area contributed by atoms with Gasteiger partial charge >= 0.3 is 0 Å². The molecule has 4 heteroatoms. The molecular formula is C21H27NO3. The summed E-state index contributed by atoms with van der Waals surface area (Å²) in [6.07, 6.45) is 8.78. The first kappa shape index (κ1) is 15.5. The number of amides is 1. The molecule has 0 spiro atoms. The van der Waals surface area contributed by atoms with Crippen LogP contribution in [0.1, 0.15) is 44.1 Å². The van der Waals surface area contributed by atoms with Gasteiger partial charge in [0.2, 0.25) is 5.91 Å². The van der Waals surface area contributed by atoms with E-state index < -0.39 is 0 Å². The maximum atomic E-state index is 12.5. The summed E-state index contributed by atoms with van der Waals surface area (Å²) in [5, 5.41) is 3.26. The summed E-state index contributed by atoms with van der Waals surface area (Å²) in [4.78, 5) is 12.5. The third kappa shape index (κ3) is 3.00. The molecule has 1 N–H and O–H groups in total. The minimum absolute atomic E-state index is 0.132. The van der Waals surface area contributed by atoms with E-state index in [4.69, 9.17) is 9.47 Å². The van der Waals surface area contributed by atoms with Crippen LogP contribution in [0.5, 0.6) is 11.5 Å². The van der Waals surface area contributed by atoms with Crippen LogP contribution in [0.2, 0.25) is 0 Å². The number of fused-ring (bicyclic) bond motifs is 1. The van der Waals surface area contributed by atoms with Gasteiger partial charge in [0, 0.05) is 6.54 Å². The number of ether oxygens (including phenoxy) is 2. The molecule has 1 aromatic carbocycles. The zero-order valence-corrected chi connectivity index (χ0v) is 14.8. The fourth-order valence-electron chi connectivity index (χ4n) is 6.24. The zero-order chi connectivity index (χ0) is 16.9. The Hall–Kier alpha value is -1.71. The second kappa shape index (κ2) is 5.93. The first-order chi connectivity index (χ1) is 12.2. The summed E-state index contributed by atoms with van der Waals surface area (Å²) in [5.41, 5.74) is 1.39.